The first-order valence-corrected chi connectivity index (χ1v) is 12.4. The third-order valence-electron chi connectivity index (χ3n) is 6.54. The number of carbonyl (C=O) groups excluding carboxylic acids is 3. The Morgan fingerprint density at radius 2 is 1.77 bits per heavy atom. The molecule has 0 aliphatic carbocycles. The van der Waals surface area contributed by atoms with Gasteiger partial charge in [-0.2, -0.15) is 0 Å². The summed E-state index contributed by atoms with van der Waals surface area (Å²) in [5, 5.41) is 0.553. The first kappa shape index (κ1) is 26.3. The van der Waals surface area contributed by atoms with Crippen LogP contribution in [0.3, 0.4) is 0 Å². The van der Waals surface area contributed by atoms with Crippen LogP contribution >= 0.6 is 0 Å². The molecule has 6 rings (SSSR count). The van der Waals surface area contributed by atoms with Gasteiger partial charge in [-0.15, -0.1) is 5.06 Å². The summed E-state index contributed by atoms with van der Waals surface area (Å²) in [6, 6.07) is 16.8. The lowest BCUT2D eigenvalue weighted by Crippen LogP contribution is -3.00. The Bertz CT molecular complexity index is 1530. The second-order valence-electron chi connectivity index (χ2n) is 9.22. The molecule has 4 aromatic rings. The number of aromatic nitrogens is 2. The van der Waals surface area contributed by atoms with Crippen molar-refractivity contribution >= 4 is 17.8 Å². The van der Waals surface area contributed by atoms with Gasteiger partial charge in [-0.25, -0.2) is 14.3 Å². The zero-order valence-electron chi connectivity index (χ0n) is 20.8. The van der Waals surface area contributed by atoms with Crippen molar-refractivity contribution in [2.45, 2.75) is 32.2 Å². The molecule has 2 aromatic heterocycles. The van der Waals surface area contributed by atoms with Crippen molar-refractivity contribution < 1.29 is 49.9 Å². The molecule has 1 saturated heterocycles. The van der Waals surface area contributed by atoms with Crippen molar-refractivity contribution in [3.63, 3.8) is 0 Å². The van der Waals surface area contributed by atoms with E-state index < -0.39 is 17.8 Å². The number of fused-ring (bicyclic) bond motifs is 1. The fourth-order valence-corrected chi connectivity index (χ4v) is 4.56. The average Bonchev–Trinajstić information content (AvgIpc) is 3.56. The molecule has 0 spiro atoms. The van der Waals surface area contributed by atoms with Crippen LogP contribution in [-0.4, -0.2) is 34.4 Å². The molecule has 2 aromatic carbocycles. The highest BCUT2D eigenvalue weighted by atomic mass is 79.9. The number of ether oxygens (including phenoxy) is 1. The number of hydrogen-bond donors (Lipinski definition) is 0. The van der Waals surface area contributed by atoms with Gasteiger partial charge in [0, 0.05) is 41.7 Å². The van der Waals surface area contributed by atoms with Gasteiger partial charge in [0.15, 0.2) is 24.7 Å². The van der Waals surface area contributed by atoms with Gasteiger partial charge in [-0.3, -0.25) is 9.59 Å². The standard InChI is InChI=1S/C29H24N3O6.BrH/c33-26-8-9-27(34)32(26)38-29(35)23-4-1-3-19(15-23)18-31-12-10-20(11-13-31)25-17-30-28(37-25)22-6-7-24-21(16-22)5-2-14-36-24;/h1,3-4,6-7,10-13,15-17H,2,5,8-9,14,18H2;1H/q+1;/p-1. The number of aryl methyl sites for hydroxylation is 1. The van der Waals surface area contributed by atoms with E-state index >= 15 is 0 Å². The number of carbonyl (C=O) groups is 3. The van der Waals surface area contributed by atoms with Crippen molar-refractivity contribution in [1.82, 2.24) is 10.0 Å². The molecule has 2 aliphatic rings. The number of nitrogens with zero attached hydrogens (tertiary/aromatic N) is 3. The van der Waals surface area contributed by atoms with Gasteiger partial charge < -0.3 is 31.0 Å². The van der Waals surface area contributed by atoms with Gasteiger partial charge in [-0.05, 0) is 48.7 Å². The van der Waals surface area contributed by atoms with Crippen LogP contribution in [0.5, 0.6) is 5.75 Å². The Kier molecular flexibility index (Phi) is 7.56. The molecule has 9 nitrogen and oxygen atoms in total. The lowest BCUT2D eigenvalue weighted by molar-refractivity contribution is -0.688. The van der Waals surface area contributed by atoms with E-state index in [1.165, 1.54) is 5.56 Å². The number of amides is 2. The van der Waals surface area contributed by atoms with Crippen molar-refractivity contribution in [3.05, 3.63) is 89.9 Å². The molecule has 198 valence electrons. The highest BCUT2D eigenvalue weighted by molar-refractivity contribution is 6.02. The largest absolute Gasteiger partial charge is 1.00 e. The molecule has 0 saturated carbocycles. The van der Waals surface area contributed by atoms with Crippen LogP contribution < -0.4 is 26.3 Å². The highest BCUT2D eigenvalue weighted by Crippen LogP contribution is 2.31. The summed E-state index contributed by atoms with van der Waals surface area (Å²) in [6.45, 7) is 1.26. The van der Waals surface area contributed by atoms with E-state index in [0.717, 1.165) is 41.9 Å². The summed E-state index contributed by atoms with van der Waals surface area (Å²) < 4.78 is 13.7. The molecule has 0 bridgehead atoms. The van der Waals surface area contributed by atoms with Crippen LogP contribution in [-0.2, 0) is 27.4 Å². The minimum absolute atomic E-state index is 0. The van der Waals surface area contributed by atoms with Crippen molar-refractivity contribution in [1.29, 1.82) is 0 Å². The van der Waals surface area contributed by atoms with E-state index in [0.29, 0.717) is 23.3 Å². The fourth-order valence-electron chi connectivity index (χ4n) is 4.56. The molecule has 0 radical (unpaired) electrons. The molecule has 4 heterocycles. The first-order chi connectivity index (χ1) is 18.5. The summed E-state index contributed by atoms with van der Waals surface area (Å²) >= 11 is 0. The van der Waals surface area contributed by atoms with Crippen molar-refractivity contribution in [3.8, 4) is 28.5 Å². The molecular weight excluding hydrogens is 566 g/mol. The van der Waals surface area contributed by atoms with Crippen LogP contribution in [0.15, 0.2) is 77.6 Å². The van der Waals surface area contributed by atoms with Crippen LogP contribution in [0.1, 0.15) is 40.7 Å². The number of oxazole rings is 1. The lowest BCUT2D eigenvalue weighted by Gasteiger charge is -2.17. The molecule has 2 amide bonds. The van der Waals surface area contributed by atoms with Gasteiger partial charge in [0.05, 0.1) is 18.4 Å². The van der Waals surface area contributed by atoms with E-state index in [1.807, 2.05) is 47.3 Å². The first-order valence-electron chi connectivity index (χ1n) is 12.4. The maximum atomic E-state index is 12.5. The lowest BCUT2D eigenvalue weighted by atomic mass is 10.0. The minimum atomic E-state index is -0.747. The smallest absolute Gasteiger partial charge is 0.363 e. The zero-order chi connectivity index (χ0) is 26.1. The maximum absolute atomic E-state index is 12.5. The number of halogens is 1. The van der Waals surface area contributed by atoms with Gasteiger partial charge in [-0.1, -0.05) is 12.1 Å². The number of pyridine rings is 1. The van der Waals surface area contributed by atoms with Gasteiger partial charge >= 0.3 is 5.97 Å². The third kappa shape index (κ3) is 5.61. The average molecular weight is 590 g/mol. The van der Waals surface area contributed by atoms with Crippen molar-refractivity contribution in [2.24, 2.45) is 0 Å². The Morgan fingerprint density at radius 1 is 0.974 bits per heavy atom. The summed E-state index contributed by atoms with van der Waals surface area (Å²) in [5.41, 5.74) is 4.09. The van der Waals surface area contributed by atoms with E-state index in [-0.39, 0.29) is 35.4 Å². The molecule has 0 N–H and O–H groups in total. The Morgan fingerprint density at radius 3 is 2.56 bits per heavy atom. The van der Waals surface area contributed by atoms with E-state index in [4.69, 9.17) is 14.0 Å². The summed E-state index contributed by atoms with van der Waals surface area (Å²) in [5.74, 6) is 0.391. The number of hydrogen-bond acceptors (Lipinski definition) is 7. The van der Waals surface area contributed by atoms with Crippen LogP contribution in [0, 0.1) is 0 Å². The monoisotopic (exact) mass is 589 g/mol. The fraction of sp³-hybridized carbons (Fsp3) is 0.207. The minimum Gasteiger partial charge on any atom is -1.00 e. The summed E-state index contributed by atoms with van der Waals surface area (Å²) in [7, 11) is 0. The van der Waals surface area contributed by atoms with E-state index in [1.54, 1.807) is 24.4 Å². The van der Waals surface area contributed by atoms with Crippen LogP contribution in [0.4, 0.5) is 0 Å². The normalized spacial score (nSPS) is 14.4. The quantitative estimate of drug-likeness (QED) is 0.243. The van der Waals surface area contributed by atoms with E-state index in [9.17, 15) is 14.4 Å². The van der Waals surface area contributed by atoms with Crippen LogP contribution in [0.25, 0.3) is 22.8 Å². The number of imide groups is 1. The predicted octanol–water partition coefficient (Wildman–Crippen LogP) is 0.894. The number of rotatable bonds is 6. The Balaban J connectivity index is 0.00000308. The van der Waals surface area contributed by atoms with Gasteiger partial charge in [0.2, 0.25) is 5.89 Å². The zero-order valence-corrected chi connectivity index (χ0v) is 22.4. The van der Waals surface area contributed by atoms with Gasteiger partial charge in [0.1, 0.15) is 5.75 Å². The van der Waals surface area contributed by atoms with Crippen LogP contribution in [0.2, 0.25) is 0 Å². The molecular formula is C29H24BrN3O6. The number of hydroxylamine groups is 2. The molecule has 0 atom stereocenters. The molecule has 1 fully saturated rings. The summed E-state index contributed by atoms with van der Waals surface area (Å²) in [4.78, 5) is 45.4. The molecule has 10 heteroatoms. The summed E-state index contributed by atoms with van der Waals surface area (Å²) in [6.07, 6.45) is 7.65. The molecule has 2 aliphatic heterocycles. The number of benzene rings is 2. The van der Waals surface area contributed by atoms with Crippen molar-refractivity contribution in [2.75, 3.05) is 6.61 Å². The SMILES string of the molecule is O=C(ON1C(=O)CCC1=O)c1cccc(C[n+]2ccc(-c3cnc(-c4ccc5c(c4)CCCO5)o3)cc2)c1.[Br-]. The second-order valence-corrected chi connectivity index (χ2v) is 9.22. The molecule has 0 unspecified atom stereocenters. The van der Waals surface area contributed by atoms with E-state index in [2.05, 4.69) is 11.1 Å². The highest BCUT2D eigenvalue weighted by Gasteiger charge is 2.33. The maximum Gasteiger partial charge on any atom is 0.363 e. The Labute approximate surface area is 234 Å². The second kappa shape index (κ2) is 11.2. The molecule has 39 heavy (non-hydrogen) atoms. The van der Waals surface area contributed by atoms with Gasteiger partial charge in [0.25, 0.3) is 11.8 Å². The topological polar surface area (TPSA) is 103 Å². The predicted molar refractivity (Wildman–Crippen MR) is 133 cm³/mol. The third-order valence-corrected chi connectivity index (χ3v) is 6.54. The Hall–Kier alpha value is -4.31.